The first-order chi connectivity index (χ1) is 16.6. The number of hydrogen-bond acceptors (Lipinski definition) is 6. The summed E-state index contributed by atoms with van der Waals surface area (Å²) in [5.41, 5.74) is 2.24. The molecule has 8 heteroatoms. The monoisotopic (exact) mass is 481 g/mol. The third kappa shape index (κ3) is 4.95. The summed E-state index contributed by atoms with van der Waals surface area (Å²) in [6.45, 7) is 4.18. The van der Waals surface area contributed by atoms with Gasteiger partial charge in [-0.15, -0.1) is 0 Å². The van der Waals surface area contributed by atoms with Crippen LogP contribution in [0.3, 0.4) is 0 Å². The summed E-state index contributed by atoms with van der Waals surface area (Å²) in [4.78, 5) is 11.3. The summed E-state index contributed by atoms with van der Waals surface area (Å²) in [5, 5.41) is 7.53. The Morgan fingerprint density at radius 1 is 1.15 bits per heavy atom. The maximum atomic E-state index is 13.5. The van der Waals surface area contributed by atoms with Crippen molar-refractivity contribution < 1.29 is 9.13 Å². The van der Waals surface area contributed by atoms with Gasteiger partial charge in [-0.3, -0.25) is 4.90 Å². The Morgan fingerprint density at radius 2 is 1.97 bits per heavy atom. The highest BCUT2D eigenvalue weighted by Crippen LogP contribution is 2.37. The Bertz CT molecular complexity index is 1190. The topological polar surface area (TPSA) is 62.3 Å². The minimum absolute atomic E-state index is 0.0521. The molecule has 2 atom stereocenters. The second-order valence-electron chi connectivity index (χ2n) is 9.07. The maximum absolute atomic E-state index is 13.5. The molecule has 0 spiro atoms. The minimum atomic E-state index is -0.461. The zero-order valence-electron chi connectivity index (χ0n) is 19.2. The van der Waals surface area contributed by atoms with Crippen LogP contribution in [0.4, 0.5) is 21.6 Å². The quantitative estimate of drug-likeness (QED) is 0.392. The molecular weight excluding hydrogens is 453 g/mol. The van der Waals surface area contributed by atoms with Crippen LogP contribution >= 0.6 is 11.6 Å². The van der Waals surface area contributed by atoms with E-state index >= 15 is 0 Å². The van der Waals surface area contributed by atoms with Crippen LogP contribution in [0.1, 0.15) is 19.3 Å². The molecule has 2 heterocycles. The van der Waals surface area contributed by atoms with Crippen molar-refractivity contribution in [1.82, 2.24) is 14.9 Å². The Hall–Kier alpha value is -2.90. The average molecular weight is 482 g/mol. The number of halogens is 2. The molecule has 1 aliphatic heterocycles. The summed E-state index contributed by atoms with van der Waals surface area (Å²) in [5.74, 6) is 2.70. The largest absolute Gasteiger partial charge is 0.495 e. The predicted octanol–water partition coefficient (Wildman–Crippen LogP) is 5.87. The van der Waals surface area contributed by atoms with Crippen LogP contribution in [0.15, 0.2) is 48.8 Å². The Kier molecular flexibility index (Phi) is 6.83. The van der Waals surface area contributed by atoms with Gasteiger partial charge in [0.15, 0.2) is 0 Å². The molecule has 6 nitrogen and oxygen atoms in total. The van der Waals surface area contributed by atoms with E-state index in [1.165, 1.54) is 50.8 Å². The van der Waals surface area contributed by atoms with E-state index in [0.29, 0.717) is 23.8 Å². The number of nitrogens with one attached hydrogen (secondary N) is 2. The molecular formula is C26H29ClFN5O. The lowest BCUT2D eigenvalue weighted by molar-refractivity contribution is 0.344. The van der Waals surface area contributed by atoms with Gasteiger partial charge in [0, 0.05) is 43.3 Å². The van der Waals surface area contributed by atoms with Gasteiger partial charge in [-0.1, -0.05) is 30.2 Å². The minimum Gasteiger partial charge on any atom is -0.495 e. The second-order valence-corrected chi connectivity index (χ2v) is 9.47. The molecule has 0 amide bonds. The van der Waals surface area contributed by atoms with Crippen molar-refractivity contribution in [3.05, 3.63) is 59.7 Å². The molecule has 2 unspecified atom stereocenters. The summed E-state index contributed by atoms with van der Waals surface area (Å²) >= 11 is 5.93. The molecule has 2 aliphatic rings. The number of rotatable bonds is 8. The van der Waals surface area contributed by atoms with Crippen molar-refractivity contribution in [2.24, 2.45) is 11.8 Å². The van der Waals surface area contributed by atoms with Gasteiger partial charge in [-0.25, -0.2) is 14.4 Å². The van der Waals surface area contributed by atoms with Gasteiger partial charge in [-0.05, 0) is 48.9 Å². The molecule has 2 N–H and O–H groups in total. The van der Waals surface area contributed by atoms with Crippen molar-refractivity contribution in [3.63, 3.8) is 0 Å². The van der Waals surface area contributed by atoms with E-state index in [9.17, 15) is 4.39 Å². The zero-order valence-corrected chi connectivity index (χ0v) is 20.0. The summed E-state index contributed by atoms with van der Waals surface area (Å²) in [6.07, 6.45) is 10.1. The fourth-order valence-electron chi connectivity index (χ4n) is 5.16. The predicted molar refractivity (Wildman–Crippen MR) is 136 cm³/mol. The van der Waals surface area contributed by atoms with E-state index < -0.39 is 5.82 Å². The number of methoxy groups -OCH3 is 1. The van der Waals surface area contributed by atoms with Crippen LogP contribution in [-0.2, 0) is 0 Å². The SMILES string of the molecule is COc1cc2ncnc(Nc3ccc(F)c(Cl)c3)c2cc1NCC=CCN1CC2CCCC2C1. The molecule has 1 aromatic heterocycles. The van der Waals surface area contributed by atoms with E-state index in [0.717, 1.165) is 35.0 Å². The van der Waals surface area contributed by atoms with Crippen LogP contribution in [0.2, 0.25) is 5.02 Å². The molecule has 0 bridgehead atoms. The molecule has 0 radical (unpaired) electrons. The van der Waals surface area contributed by atoms with Gasteiger partial charge < -0.3 is 15.4 Å². The van der Waals surface area contributed by atoms with E-state index in [1.54, 1.807) is 13.2 Å². The smallest absolute Gasteiger partial charge is 0.144 e. The molecule has 2 aromatic carbocycles. The van der Waals surface area contributed by atoms with Crippen molar-refractivity contribution in [2.45, 2.75) is 19.3 Å². The van der Waals surface area contributed by atoms with Crippen LogP contribution in [0.25, 0.3) is 10.9 Å². The molecule has 178 valence electrons. The van der Waals surface area contributed by atoms with Crippen LogP contribution in [0, 0.1) is 17.7 Å². The lowest BCUT2D eigenvalue weighted by atomic mass is 10.0. The highest BCUT2D eigenvalue weighted by Gasteiger charge is 2.35. The first-order valence-electron chi connectivity index (χ1n) is 11.8. The Labute approximate surface area is 204 Å². The maximum Gasteiger partial charge on any atom is 0.144 e. The van der Waals surface area contributed by atoms with Gasteiger partial charge in [0.25, 0.3) is 0 Å². The van der Waals surface area contributed by atoms with Gasteiger partial charge in [0.1, 0.15) is 23.7 Å². The van der Waals surface area contributed by atoms with Crippen LogP contribution in [0.5, 0.6) is 5.75 Å². The third-order valence-corrected chi connectivity index (χ3v) is 7.17. The first-order valence-corrected chi connectivity index (χ1v) is 12.1. The fraction of sp³-hybridized carbons (Fsp3) is 0.385. The van der Waals surface area contributed by atoms with E-state index in [1.807, 2.05) is 12.1 Å². The van der Waals surface area contributed by atoms with Gasteiger partial charge >= 0.3 is 0 Å². The normalized spacial score (nSPS) is 20.2. The third-order valence-electron chi connectivity index (χ3n) is 6.88. The number of nitrogens with zero attached hydrogens (tertiary/aromatic N) is 3. The van der Waals surface area contributed by atoms with Crippen molar-refractivity contribution in [3.8, 4) is 5.75 Å². The molecule has 5 rings (SSSR count). The first kappa shape index (κ1) is 22.9. The molecule has 1 saturated carbocycles. The summed E-state index contributed by atoms with van der Waals surface area (Å²) in [6, 6.07) is 8.33. The van der Waals surface area contributed by atoms with E-state index in [2.05, 4.69) is 37.7 Å². The molecule has 3 aromatic rings. The Morgan fingerprint density at radius 3 is 2.74 bits per heavy atom. The van der Waals surface area contributed by atoms with Gasteiger partial charge in [-0.2, -0.15) is 0 Å². The van der Waals surface area contributed by atoms with E-state index in [4.69, 9.17) is 16.3 Å². The molecule has 34 heavy (non-hydrogen) atoms. The number of hydrogen-bond donors (Lipinski definition) is 2. The van der Waals surface area contributed by atoms with Gasteiger partial charge in [0.05, 0.1) is 23.3 Å². The van der Waals surface area contributed by atoms with E-state index in [-0.39, 0.29) is 5.02 Å². The fourth-order valence-corrected chi connectivity index (χ4v) is 5.34. The summed E-state index contributed by atoms with van der Waals surface area (Å²) < 4.78 is 19.1. The molecule has 1 aliphatic carbocycles. The highest BCUT2D eigenvalue weighted by atomic mass is 35.5. The second kappa shape index (κ2) is 10.2. The van der Waals surface area contributed by atoms with Crippen LogP contribution < -0.4 is 15.4 Å². The summed E-state index contributed by atoms with van der Waals surface area (Å²) in [7, 11) is 1.65. The Balaban J connectivity index is 1.27. The number of likely N-dealkylation sites (tertiary alicyclic amines) is 1. The van der Waals surface area contributed by atoms with Crippen molar-refractivity contribution in [2.75, 3.05) is 43.9 Å². The zero-order chi connectivity index (χ0) is 23.5. The number of anilines is 3. The number of benzene rings is 2. The lowest BCUT2D eigenvalue weighted by Gasteiger charge is -2.15. The standard InChI is InChI=1S/C26H29ClFN5O/c1-34-25-13-23-20(26(31-16-30-23)32-19-7-8-22(28)21(27)11-19)12-24(25)29-9-2-3-10-33-14-17-5-4-6-18(17)15-33/h2-3,7-8,11-13,16-18,29H,4-6,9-10,14-15H2,1H3,(H,30,31,32). The number of fused-ring (bicyclic) bond motifs is 2. The lowest BCUT2D eigenvalue weighted by Crippen LogP contribution is -2.21. The molecule has 2 fully saturated rings. The van der Waals surface area contributed by atoms with Crippen molar-refractivity contribution in [1.29, 1.82) is 0 Å². The number of aromatic nitrogens is 2. The highest BCUT2D eigenvalue weighted by molar-refractivity contribution is 6.31. The van der Waals surface area contributed by atoms with Gasteiger partial charge in [0.2, 0.25) is 0 Å². The number of ether oxygens (including phenoxy) is 1. The van der Waals surface area contributed by atoms with Crippen molar-refractivity contribution >= 4 is 39.7 Å². The van der Waals surface area contributed by atoms with Crippen LogP contribution in [-0.4, -0.2) is 48.2 Å². The molecule has 1 saturated heterocycles. The average Bonchev–Trinajstić information content (AvgIpc) is 3.43.